The number of anilines is 1. The van der Waals surface area contributed by atoms with E-state index in [1.54, 1.807) is 0 Å². The second kappa shape index (κ2) is 6.36. The number of aromatic nitrogens is 2. The minimum absolute atomic E-state index is 0.313. The lowest BCUT2D eigenvalue weighted by Gasteiger charge is -2.31. The molecule has 4 nitrogen and oxygen atoms in total. The SMILES string of the molecule is CN1CCSCC1c1nc(N)c(I)c(C2CCCC2)n1. The highest BCUT2D eigenvalue weighted by Crippen LogP contribution is 2.37. The van der Waals surface area contributed by atoms with E-state index in [4.69, 9.17) is 10.7 Å². The van der Waals surface area contributed by atoms with Gasteiger partial charge in [-0.1, -0.05) is 12.8 Å². The van der Waals surface area contributed by atoms with E-state index in [1.165, 1.54) is 37.1 Å². The summed E-state index contributed by atoms with van der Waals surface area (Å²) < 4.78 is 1.07. The normalized spacial score (nSPS) is 25.2. The van der Waals surface area contributed by atoms with Crippen molar-refractivity contribution in [2.24, 2.45) is 0 Å². The monoisotopic (exact) mass is 404 g/mol. The first-order valence-corrected chi connectivity index (χ1v) is 9.51. The quantitative estimate of drug-likeness (QED) is 0.768. The molecule has 3 rings (SSSR count). The zero-order valence-electron chi connectivity index (χ0n) is 11.8. The Hall–Kier alpha value is -0.0800. The number of hydrogen-bond donors (Lipinski definition) is 1. The molecule has 1 aromatic rings. The van der Waals surface area contributed by atoms with Crippen molar-refractivity contribution < 1.29 is 0 Å². The van der Waals surface area contributed by atoms with Crippen molar-refractivity contribution in [3.05, 3.63) is 15.1 Å². The van der Waals surface area contributed by atoms with Crippen molar-refractivity contribution in [3.8, 4) is 0 Å². The molecule has 1 aliphatic carbocycles. The second-order valence-electron chi connectivity index (χ2n) is 5.72. The van der Waals surface area contributed by atoms with E-state index in [0.29, 0.717) is 17.8 Å². The molecule has 1 saturated carbocycles. The van der Waals surface area contributed by atoms with Crippen LogP contribution >= 0.6 is 34.4 Å². The molecule has 2 aliphatic rings. The maximum Gasteiger partial charge on any atom is 0.149 e. The fourth-order valence-corrected chi connectivity index (χ4v) is 4.97. The zero-order chi connectivity index (χ0) is 14.1. The molecule has 110 valence electrons. The standard InChI is InChI=1S/C14H21IN4S/c1-19-6-7-20-8-10(19)14-17-12(9-4-2-3-5-9)11(15)13(16)18-14/h9-10H,2-8H2,1H3,(H2,16,17,18). The van der Waals surface area contributed by atoms with Gasteiger partial charge in [0.1, 0.15) is 11.6 Å². The Kier molecular flexibility index (Phi) is 4.72. The molecule has 2 heterocycles. The number of rotatable bonds is 2. The highest BCUT2D eigenvalue weighted by Gasteiger charge is 2.28. The van der Waals surface area contributed by atoms with Crippen molar-refractivity contribution in [3.63, 3.8) is 0 Å². The fraction of sp³-hybridized carbons (Fsp3) is 0.714. The van der Waals surface area contributed by atoms with Gasteiger partial charge in [0.25, 0.3) is 0 Å². The van der Waals surface area contributed by atoms with E-state index >= 15 is 0 Å². The smallest absolute Gasteiger partial charge is 0.149 e. The van der Waals surface area contributed by atoms with Crippen molar-refractivity contribution >= 4 is 40.2 Å². The molecule has 0 amide bonds. The lowest BCUT2D eigenvalue weighted by Crippen LogP contribution is -2.34. The van der Waals surface area contributed by atoms with Crippen LogP contribution in [-0.2, 0) is 0 Å². The molecule has 0 aromatic carbocycles. The number of nitrogens with zero attached hydrogens (tertiary/aromatic N) is 3. The number of halogens is 1. The van der Waals surface area contributed by atoms with Crippen LogP contribution in [0.1, 0.15) is 49.2 Å². The van der Waals surface area contributed by atoms with Gasteiger partial charge in [0.15, 0.2) is 0 Å². The summed E-state index contributed by atoms with van der Waals surface area (Å²) in [5.74, 6) is 4.46. The topological polar surface area (TPSA) is 55.0 Å². The van der Waals surface area contributed by atoms with Gasteiger partial charge < -0.3 is 5.73 Å². The Morgan fingerprint density at radius 2 is 2.05 bits per heavy atom. The molecule has 20 heavy (non-hydrogen) atoms. The summed E-state index contributed by atoms with van der Waals surface area (Å²) in [6.45, 7) is 1.10. The summed E-state index contributed by atoms with van der Waals surface area (Å²) in [5.41, 5.74) is 7.36. The minimum Gasteiger partial charge on any atom is -0.383 e. The van der Waals surface area contributed by atoms with Crippen LogP contribution < -0.4 is 5.73 Å². The molecule has 1 saturated heterocycles. The van der Waals surface area contributed by atoms with Gasteiger partial charge in [0.2, 0.25) is 0 Å². The van der Waals surface area contributed by atoms with Gasteiger partial charge in [-0.15, -0.1) is 0 Å². The molecule has 1 unspecified atom stereocenters. The van der Waals surface area contributed by atoms with Crippen molar-refractivity contribution in [1.82, 2.24) is 14.9 Å². The van der Waals surface area contributed by atoms with Crippen LogP contribution in [-0.4, -0.2) is 40.0 Å². The van der Waals surface area contributed by atoms with Gasteiger partial charge in [-0.2, -0.15) is 11.8 Å². The van der Waals surface area contributed by atoms with Crippen LogP contribution in [0.25, 0.3) is 0 Å². The first kappa shape index (κ1) is 14.8. The van der Waals surface area contributed by atoms with Gasteiger partial charge >= 0.3 is 0 Å². The summed E-state index contributed by atoms with van der Waals surface area (Å²) in [4.78, 5) is 11.9. The minimum atomic E-state index is 0.313. The van der Waals surface area contributed by atoms with Crippen molar-refractivity contribution in [2.45, 2.75) is 37.6 Å². The molecule has 1 aromatic heterocycles. The molecule has 6 heteroatoms. The van der Waals surface area contributed by atoms with E-state index in [2.05, 4.69) is 39.5 Å². The van der Waals surface area contributed by atoms with Gasteiger partial charge in [-0.25, -0.2) is 9.97 Å². The van der Waals surface area contributed by atoms with Gasteiger partial charge in [-0.3, -0.25) is 4.90 Å². The lowest BCUT2D eigenvalue weighted by atomic mass is 10.0. The average Bonchev–Trinajstić information content (AvgIpc) is 2.96. The fourth-order valence-electron chi connectivity index (χ4n) is 3.08. The Balaban J connectivity index is 1.95. The second-order valence-corrected chi connectivity index (χ2v) is 7.95. The van der Waals surface area contributed by atoms with Gasteiger partial charge in [-0.05, 0) is 42.5 Å². The van der Waals surface area contributed by atoms with Crippen LogP contribution in [0.5, 0.6) is 0 Å². The van der Waals surface area contributed by atoms with Crippen LogP contribution in [0.15, 0.2) is 0 Å². The van der Waals surface area contributed by atoms with E-state index < -0.39 is 0 Å². The number of hydrogen-bond acceptors (Lipinski definition) is 5. The van der Waals surface area contributed by atoms with Crippen LogP contribution in [0.4, 0.5) is 5.82 Å². The van der Waals surface area contributed by atoms with E-state index in [-0.39, 0.29) is 0 Å². The molecular weight excluding hydrogens is 383 g/mol. The Morgan fingerprint density at radius 3 is 2.75 bits per heavy atom. The zero-order valence-corrected chi connectivity index (χ0v) is 14.8. The Morgan fingerprint density at radius 1 is 1.30 bits per heavy atom. The average molecular weight is 404 g/mol. The first-order chi connectivity index (χ1) is 9.66. The maximum absolute atomic E-state index is 6.16. The molecule has 2 fully saturated rings. The predicted molar refractivity (Wildman–Crippen MR) is 93.1 cm³/mol. The first-order valence-electron chi connectivity index (χ1n) is 7.27. The summed E-state index contributed by atoms with van der Waals surface area (Å²) in [7, 11) is 2.16. The summed E-state index contributed by atoms with van der Waals surface area (Å²) in [6, 6.07) is 0.313. The molecule has 1 atom stereocenters. The third-order valence-electron chi connectivity index (χ3n) is 4.36. The van der Waals surface area contributed by atoms with Crippen molar-refractivity contribution in [1.29, 1.82) is 0 Å². The Bertz CT molecular complexity index is 490. The van der Waals surface area contributed by atoms with Crippen LogP contribution in [0.3, 0.4) is 0 Å². The maximum atomic E-state index is 6.16. The van der Waals surface area contributed by atoms with Crippen LogP contribution in [0.2, 0.25) is 0 Å². The molecule has 1 aliphatic heterocycles. The van der Waals surface area contributed by atoms with Gasteiger partial charge in [0, 0.05) is 24.0 Å². The third kappa shape index (κ3) is 2.92. The summed E-state index contributed by atoms with van der Waals surface area (Å²) in [5, 5.41) is 0. The number of nitrogens with two attached hydrogens (primary N) is 1. The number of nitrogen functional groups attached to an aromatic ring is 1. The van der Waals surface area contributed by atoms with E-state index in [9.17, 15) is 0 Å². The van der Waals surface area contributed by atoms with Gasteiger partial charge in [0.05, 0.1) is 15.3 Å². The lowest BCUT2D eigenvalue weighted by molar-refractivity contribution is 0.264. The summed E-state index contributed by atoms with van der Waals surface area (Å²) in [6.07, 6.45) is 5.14. The predicted octanol–water partition coefficient (Wildman–Crippen LogP) is 3.04. The van der Waals surface area contributed by atoms with E-state index in [0.717, 1.165) is 21.7 Å². The molecule has 0 spiro atoms. The molecule has 0 bridgehead atoms. The molecule has 2 N–H and O–H groups in total. The van der Waals surface area contributed by atoms with E-state index in [1.807, 2.05) is 11.8 Å². The Labute approximate surface area is 138 Å². The largest absolute Gasteiger partial charge is 0.383 e. The van der Waals surface area contributed by atoms with Crippen molar-refractivity contribution in [2.75, 3.05) is 30.8 Å². The van der Waals surface area contributed by atoms with Crippen LogP contribution in [0, 0.1) is 3.57 Å². The summed E-state index contributed by atoms with van der Waals surface area (Å²) >= 11 is 4.30. The highest BCUT2D eigenvalue weighted by atomic mass is 127. The highest BCUT2D eigenvalue weighted by molar-refractivity contribution is 14.1. The molecule has 0 radical (unpaired) electrons. The number of thioether (sulfide) groups is 1. The molecular formula is C14H21IN4S. The third-order valence-corrected chi connectivity index (χ3v) is 6.48.